The van der Waals surface area contributed by atoms with Crippen LogP contribution in [0, 0.1) is 0 Å². The van der Waals surface area contributed by atoms with Crippen LogP contribution in [0.5, 0.6) is 0 Å². The largest absolute Gasteiger partial charge is 0.293 e. The Labute approximate surface area is 117 Å². The number of carbonyl (C=O) groups is 1. The van der Waals surface area contributed by atoms with Crippen LogP contribution in [0.1, 0.15) is 43.5 Å². The van der Waals surface area contributed by atoms with E-state index in [0.29, 0.717) is 18.6 Å². The van der Waals surface area contributed by atoms with Gasteiger partial charge in [0.15, 0.2) is 5.78 Å². The molecule has 1 aromatic rings. The maximum Gasteiger partial charge on any atom is 0.176 e. The number of carbonyl (C=O) groups excluding carboxylic acids is 1. The second-order valence-corrected chi connectivity index (χ2v) is 6.15. The van der Waals surface area contributed by atoms with E-state index in [4.69, 9.17) is 0 Å². The molecule has 0 saturated carbocycles. The second-order valence-electron chi connectivity index (χ2n) is 5.23. The molecular weight excluding hydrogens is 290 g/mol. The van der Waals surface area contributed by atoms with Gasteiger partial charge in [0.2, 0.25) is 0 Å². The smallest absolute Gasteiger partial charge is 0.176 e. The third kappa shape index (κ3) is 3.21. The number of hydrogen-bond donors (Lipinski definition) is 0. The standard InChI is InChI=1S/C15H20BrNO/c1-11-5-3-6-12(2)17(11)10-15(18)13-7-4-8-14(16)9-13/h4,7-9,11-12H,3,5-6,10H2,1-2H3. The van der Waals surface area contributed by atoms with Crippen LogP contribution < -0.4 is 0 Å². The van der Waals surface area contributed by atoms with Gasteiger partial charge in [0.1, 0.15) is 0 Å². The summed E-state index contributed by atoms with van der Waals surface area (Å²) in [6, 6.07) is 8.70. The highest BCUT2D eigenvalue weighted by Crippen LogP contribution is 2.23. The van der Waals surface area contributed by atoms with Crippen molar-refractivity contribution in [3.63, 3.8) is 0 Å². The van der Waals surface area contributed by atoms with E-state index in [9.17, 15) is 4.79 Å². The van der Waals surface area contributed by atoms with Gasteiger partial charge in [-0.2, -0.15) is 0 Å². The molecule has 0 spiro atoms. The fourth-order valence-electron chi connectivity index (χ4n) is 2.71. The number of likely N-dealkylation sites (tertiary alicyclic amines) is 1. The molecule has 1 fully saturated rings. The Hall–Kier alpha value is -0.670. The van der Waals surface area contributed by atoms with Crippen LogP contribution >= 0.6 is 15.9 Å². The lowest BCUT2D eigenvalue weighted by Gasteiger charge is -2.38. The fraction of sp³-hybridized carbons (Fsp3) is 0.533. The monoisotopic (exact) mass is 309 g/mol. The second kappa shape index (κ2) is 5.98. The Morgan fingerprint density at radius 3 is 2.61 bits per heavy atom. The molecule has 18 heavy (non-hydrogen) atoms. The van der Waals surface area contributed by atoms with Crippen molar-refractivity contribution < 1.29 is 4.79 Å². The minimum absolute atomic E-state index is 0.219. The molecule has 2 atom stereocenters. The molecule has 0 bridgehead atoms. The lowest BCUT2D eigenvalue weighted by Crippen LogP contribution is -2.46. The summed E-state index contributed by atoms with van der Waals surface area (Å²) in [6.45, 7) is 4.99. The van der Waals surface area contributed by atoms with Crippen molar-refractivity contribution in [1.29, 1.82) is 0 Å². The van der Waals surface area contributed by atoms with Crippen molar-refractivity contribution in [3.05, 3.63) is 34.3 Å². The molecule has 1 aliphatic rings. The predicted octanol–water partition coefficient (Wildman–Crippen LogP) is 3.89. The molecule has 2 unspecified atom stereocenters. The average molecular weight is 310 g/mol. The van der Waals surface area contributed by atoms with Gasteiger partial charge in [0.25, 0.3) is 0 Å². The summed E-state index contributed by atoms with van der Waals surface area (Å²) in [5.74, 6) is 0.219. The molecular formula is C15H20BrNO. The van der Waals surface area contributed by atoms with E-state index in [1.807, 2.05) is 24.3 Å². The highest BCUT2D eigenvalue weighted by Gasteiger charge is 2.26. The van der Waals surface area contributed by atoms with Crippen LogP contribution in [-0.4, -0.2) is 29.3 Å². The van der Waals surface area contributed by atoms with E-state index in [-0.39, 0.29) is 5.78 Å². The van der Waals surface area contributed by atoms with E-state index in [1.54, 1.807) is 0 Å². The molecule has 2 nitrogen and oxygen atoms in total. The highest BCUT2D eigenvalue weighted by molar-refractivity contribution is 9.10. The number of Topliss-reactive ketones (excluding diaryl/α,β-unsaturated/α-hetero) is 1. The van der Waals surface area contributed by atoms with Crippen LogP contribution in [0.4, 0.5) is 0 Å². The maximum absolute atomic E-state index is 12.3. The van der Waals surface area contributed by atoms with Gasteiger partial charge in [-0.3, -0.25) is 9.69 Å². The Balaban J connectivity index is 2.06. The van der Waals surface area contributed by atoms with Crippen LogP contribution in [0.3, 0.4) is 0 Å². The summed E-state index contributed by atoms with van der Waals surface area (Å²) < 4.78 is 0.966. The minimum atomic E-state index is 0.219. The van der Waals surface area contributed by atoms with Crippen molar-refractivity contribution in [1.82, 2.24) is 4.90 Å². The molecule has 3 heteroatoms. The summed E-state index contributed by atoms with van der Waals surface area (Å²) in [5, 5.41) is 0. The van der Waals surface area contributed by atoms with Gasteiger partial charge in [0.05, 0.1) is 6.54 Å². The van der Waals surface area contributed by atoms with E-state index in [2.05, 4.69) is 34.7 Å². The summed E-state index contributed by atoms with van der Waals surface area (Å²) in [4.78, 5) is 14.6. The first-order valence-electron chi connectivity index (χ1n) is 6.62. The molecule has 2 rings (SSSR count). The van der Waals surface area contributed by atoms with E-state index >= 15 is 0 Å². The van der Waals surface area contributed by atoms with Gasteiger partial charge in [0, 0.05) is 22.1 Å². The zero-order valence-corrected chi connectivity index (χ0v) is 12.6. The lowest BCUT2D eigenvalue weighted by atomic mass is 9.96. The van der Waals surface area contributed by atoms with Crippen LogP contribution in [0.15, 0.2) is 28.7 Å². The third-order valence-corrected chi connectivity index (χ3v) is 4.34. The predicted molar refractivity (Wildman–Crippen MR) is 78.0 cm³/mol. The van der Waals surface area contributed by atoms with E-state index < -0.39 is 0 Å². The zero-order chi connectivity index (χ0) is 13.1. The third-order valence-electron chi connectivity index (χ3n) is 3.85. The van der Waals surface area contributed by atoms with Crippen molar-refractivity contribution in [2.75, 3.05) is 6.54 Å². The van der Waals surface area contributed by atoms with Crippen molar-refractivity contribution in [2.45, 2.75) is 45.2 Å². The first-order chi connectivity index (χ1) is 8.58. The Morgan fingerprint density at radius 2 is 2.00 bits per heavy atom. The number of halogens is 1. The number of benzene rings is 1. The number of hydrogen-bond acceptors (Lipinski definition) is 2. The van der Waals surface area contributed by atoms with Gasteiger partial charge in [-0.1, -0.05) is 34.5 Å². The average Bonchev–Trinajstić information content (AvgIpc) is 2.34. The summed E-state index contributed by atoms with van der Waals surface area (Å²) in [6.07, 6.45) is 3.69. The van der Waals surface area contributed by atoms with Gasteiger partial charge < -0.3 is 0 Å². The summed E-state index contributed by atoms with van der Waals surface area (Å²) >= 11 is 3.41. The van der Waals surface area contributed by atoms with Crippen LogP contribution in [-0.2, 0) is 0 Å². The Kier molecular flexibility index (Phi) is 4.57. The zero-order valence-electron chi connectivity index (χ0n) is 11.0. The van der Waals surface area contributed by atoms with Gasteiger partial charge >= 0.3 is 0 Å². The Bertz CT molecular complexity index is 422. The van der Waals surface area contributed by atoms with E-state index in [1.165, 1.54) is 19.3 Å². The topological polar surface area (TPSA) is 20.3 Å². The number of piperidine rings is 1. The molecule has 1 aliphatic heterocycles. The van der Waals surface area contributed by atoms with Crippen molar-refractivity contribution >= 4 is 21.7 Å². The normalized spacial score (nSPS) is 25.1. The molecule has 0 aliphatic carbocycles. The molecule has 1 aromatic carbocycles. The molecule has 1 saturated heterocycles. The van der Waals surface area contributed by atoms with Gasteiger partial charge in [-0.15, -0.1) is 0 Å². The van der Waals surface area contributed by atoms with Crippen molar-refractivity contribution in [3.8, 4) is 0 Å². The molecule has 0 radical (unpaired) electrons. The van der Waals surface area contributed by atoms with Crippen molar-refractivity contribution in [2.24, 2.45) is 0 Å². The SMILES string of the molecule is CC1CCCC(C)N1CC(=O)c1cccc(Br)c1. The lowest BCUT2D eigenvalue weighted by molar-refractivity contribution is 0.0734. The molecule has 1 heterocycles. The molecule has 0 aromatic heterocycles. The van der Waals surface area contributed by atoms with Crippen LogP contribution in [0.2, 0.25) is 0 Å². The van der Waals surface area contributed by atoms with Crippen LogP contribution in [0.25, 0.3) is 0 Å². The molecule has 0 N–H and O–H groups in total. The highest BCUT2D eigenvalue weighted by atomic mass is 79.9. The minimum Gasteiger partial charge on any atom is -0.293 e. The maximum atomic E-state index is 12.3. The first kappa shape index (κ1) is 13.8. The summed E-state index contributed by atoms with van der Waals surface area (Å²) in [5.41, 5.74) is 0.800. The van der Waals surface area contributed by atoms with Gasteiger partial charge in [-0.05, 0) is 38.8 Å². The Morgan fingerprint density at radius 1 is 1.33 bits per heavy atom. The first-order valence-corrected chi connectivity index (χ1v) is 7.41. The fourth-order valence-corrected chi connectivity index (χ4v) is 3.10. The van der Waals surface area contributed by atoms with Gasteiger partial charge in [-0.25, -0.2) is 0 Å². The summed E-state index contributed by atoms with van der Waals surface area (Å²) in [7, 11) is 0. The number of rotatable bonds is 3. The molecule has 98 valence electrons. The number of ketones is 1. The number of nitrogens with zero attached hydrogens (tertiary/aromatic N) is 1. The van der Waals surface area contributed by atoms with E-state index in [0.717, 1.165) is 10.0 Å². The molecule has 0 amide bonds. The quantitative estimate of drug-likeness (QED) is 0.789.